The molecule has 3 aromatic rings. The van der Waals surface area contributed by atoms with E-state index in [1.165, 1.54) is 6.92 Å². The molecule has 0 radical (unpaired) electrons. The molecule has 0 spiro atoms. The van der Waals surface area contributed by atoms with Crippen LogP contribution in [0.4, 0.5) is 5.69 Å². The van der Waals surface area contributed by atoms with Crippen molar-refractivity contribution in [2.45, 2.75) is 27.4 Å². The Labute approximate surface area is 157 Å². The van der Waals surface area contributed by atoms with Gasteiger partial charge in [-0.1, -0.05) is 0 Å². The molecule has 0 aliphatic heterocycles. The minimum Gasteiger partial charge on any atom is -0.486 e. The number of aromatic amines is 1. The number of carbonyl (C=O) groups is 2. The van der Waals surface area contributed by atoms with E-state index in [0.717, 1.165) is 5.82 Å². The number of rotatable bonds is 6. The molecule has 7 nitrogen and oxygen atoms in total. The minimum absolute atomic E-state index is 0.0606. The second-order valence-electron chi connectivity index (χ2n) is 6.40. The lowest BCUT2D eigenvalue weighted by Gasteiger charge is -2.08. The fraction of sp³-hybridized carbons (Fsp3) is 0.250. The summed E-state index contributed by atoms with van der Waals surface area (Å²) in [5, 5.41) is 2.83. The largest absolute Gasteiger partial charge is 0.486 e. The predicted octanol–water partition coefficient (Wildman–Crippen LogP) is 3.40. The molecule has 0 atom stereocenters. The van der Waals surface area contributed by atoms with Crippen molar-refractivity contribution >= 4 is 17.4 Å². The van der Waals surface area contributed by atoms with Gasteiger partial charge in [0.25, 0.3) is 5.91 Å². The Kier molecular flexibility index (Phi) is 5.12. The van der Waals surface area contributed by atoms with E-state index < -0.39 is 0 Å². The highest BCUT2D eigenvalue weighted by molar-refractivity contribution is 6.07. The number of anilines is 1. The van der Waals surface area contributed by atoms with E-state index in [4.69, 9.17) is 4.74 Å². The first kappa shape index (κ1) is 18.4. The fourth-order valence-corrected chi connectivity index (χ4v) is 3.02. The van der Waals surface area contributed by atoms with E-state index in [1.807, 2.05) is 17.8 Å². The maximum absolute atomic E-state index is 12.5. The fourth-order valence-electron chi connectivity index (χ4n) is 3.02. The van der Waals surface area contributed by atoms with E-state index >= 15 is 0 Å². The van der Waals surface area contributed by atoms with Crippen molar-refractivity contribution in [3.8, 4) is 5.75 Å². The Morgan fingerprint density at radius 1 is 1.22 bits per heavy atom. The molecule has 0 saturated carbocycles. The van der Waals surface area contributed by atoms with Crippen molar-refractivity contribution in [3.05, 3.63) is 65.0 Å². The molecule has 2 aromatic heterocycles. The molecule has 2 N–H and O–H groups in total. The van der Waals surface area contributed by atoms with Gasteiger partial charge in [-0.15, -0.1) is 0 Å². The van der Waals surface area contributed by atoms with Crippen LogP contribution in [0.5, 0.6) is 5.75 Å². The molecular weight excluding hydrogens is 344 g/mol. The highest BCUT2D eigenvalue weighted by atomic mass is 16.5. The smallest absolute Gasteiger partial charge is 0.272 e. The second-order valence-corrected chi connectivity index (χ2v) is 6.40. The van der Waals surface area contributed by atoms with Gasteiger partial charge < -0.3 is 19.6 Å². The van der Waals surface area contributed by atoms with Crippen LogP contribution < -0.4 is 10.1 Å². The molecule has 27 heavy (non-hydrogen) atoms. The molecule has 140 valence electrons. The van der Waals surface area contributed by atoms with Gasteiger partial charge in [-0.3, -0.25) is 9.59 Å². The van der Waals surface area contributed by atoms with Crippen molar-refractivity contribution in [1.82, 2.24) is 14.5 Å². The third kappa shape index (κ3) is 3.92. The average Bonchev–Trinajstić information content (AvgIpc) is 3.16. The number of aromatic nitrogens is 3. The molecule has 0 unspecified atom stereocenters. The number of hydrogen-bond donors (Lipinski definition) is 2. The van der Waals surface area contributed by atoms with E-state index in [-0.39, 0.29) is 11.7 Å². The van der Waals surface area contributed by atoms with Gasteiger partial charge in [0.1, 0.15) is 23.9 Å². The Morgan fingerprint density at radius 2 is 1.93 bits per heavy atom. The SMILES string of the molecule is CC(=O)c1c(C)[nH]c(C(=O)Nc2ccc(OCc3nccn3C)cc2)c1C. The number of ether oxygens (including phenoxy) is 1. The van der Waals surface area contributed by atoms with Gasteiger partial charge >= 0.3 is 0 Å². The summed E-state index contributed by atoms with van der Waals surface area (Å²) in [6, 6.07) is 7.10. The Bertz CT molecular complexity index is 983. The molecule has 0 aliphatic carbocycles. The first-order valence-corrected chi connectivity index (χ1v) is 8.57. The van der Waals surface area contributed by atoms with Crippen molar-refractivity contribution in [2.24, 2.45) is 7.05 Å². The van der Waals surface area contributed by atoms with Gasteiger partial charge in [0, 0.05) is 36.4 Å². The van der Waals surface area contributed by atoms with Gasteiger partial charge in [0.05, 0.1) is 0 Å². The molecule has 1 aromatic carbocycles. The quantitative estimate of drug-likeness (QED) is 0.655. The topological polar surface area (TPSA) is 89.0 Å². The Morgan fingerprint density at radius 3 is 2.48 bits per heavy atom. The third-order valence-electron chi connectivity index (χ3n) is 4.42. The molecule has 7 heteroatoms. The second kappa shape index (κ2) is 7.49. The van der Waals surface area contributed by atoms with Crippen molar-refractivity contribution < 1.29 is 14.3 Å². The van der Waals surface area contributed by atoms with Crippen molar-refractivity contribution in [2.75, 3.05) is 5.32 Å². The number of imidazole rings is 1. The zero-order chi connectivity index (χ0) is 19.6. The van der Waals surface area contributed by atoms with E-state index in [1.54, 1.807) is 44.3 Å². The monoisotopic (exact) mass is 366 g/mol. The van der Waals surface area contributed by atoms with Crippen molar-refractivity contribution in [3.63, 3.8) is 0 Å². The van der Waals surface area contributed by atoms with Crippen LogP contribution in [0, 0.1) is 13.8 Å². The number of H-pyrrole nitrogens is 1. The molecule has 0 fully saturated rings. The van der Waals surface area contributed by atoms with E-state index in [0.29, 0.717) is 40.6 Å². The average molecular weight is 366 g/mol. The highest BCUT2D eigenvalue weighted by Crippen LogP contribution is 2.21. The molecule has 3 rings (SSSR count). The van der Waals surface area contributed by atoms with Gasteiger partial charge in [-0.25, -0.2) is 4.98 Å². The molecule has 1 amide bonds. The number of nitrogens with one attached hydrogen (secondary N) is 2. The number of Topliss-reactive ketones (excluding diaryl/α,β-unsaturated/α-hetero) is 1. The zero-order valence-electron chi connectivity index (χ0n) is 15.8. The van der Waals surface area contributed by atoms with Gasteiger partial charge in [0.15, 0.2) is 5.78 Å². The standard InChI is InChI=1S/C20H22N4O3/c1-12-18(14(3)25)13(2)22-19(12)20(26)23-15-5-7-16(8-6-15)27-11-17-21-9-10-24(17)4/h5-10,22H,11H2,1-4H3,(H,23,26). The van der Waals surface area contributed by atoms with Crippen LogP contribution in [-0.2, 0) is 13.7 Å². The van der Waals surface area contributed by atoms with Gasteiger partial charge in [-0.05, 0) is 50.6 Å². The third-order valence-corrected chi connectivity index (χ3v) is 4.42. The number of nitrogens with zero attached hydrogens (tertiary/aromatic N) is 2. The number of ketones is 1. The van der Waals surface area contributed by atoms with Crippen LogP contribution in [0.3, 0.4) is 0 Å². The number of amides is 1. The minimum atomic E-state index is -0.287. The molecule has 0 saturated heterocycles. The van der Waals surface area contributed by atoms with E-state index in [9.17, 15) is 9.59 Å². The number of benzene rings is 1. The summed E-state index contributed by atoms with van der Waals surface area (Å²) in [7, 11) is 1.91. The highest BCUT2D eigenvalue weighted by Gasteiger charge is 2.19. The molecule has 0 bridgehead atoms. The van der Waals surface area contributed by atoms with Gasteiger partial charge in [-0.2, -0.15) is 0 Å². The Balaban J connectivity index is 1.66. The predicted molar refractivity (Wildman–Crippen MR) is 102 cm³/mol. The maximum atomic E-state index is 12.5. The van der Waals surface area contributed by atoms with Crippen LogP contribution in [-0.4, -0.2) is 26.2 Å². The van der Waals surface area contributed by atoms with Gasteiger partial charge in [0.2, 0.25) is 0 Å². The summed E-state index contributed by atoms with van der Waals surface area (Å²) in [5.74, 6) is 1.16. The summed E-state index contributed by atoms with van der Waals surface area (Å²) < 4.78 is 7.59. The molecule has 2 heterocycles. The normalized spacial score (nSPS) is 10.7. The molecule has 0 aliphatic rings. The number of carbonyl (C=O) groups excluding carboxylic acids is 2. The first-order valence-electron chi connectivity index (χ1n) is 8.57. The lowest BCUT2D eigenvalue weighted by Crippen LogP contribution is -2.13. The van der Waals surface area contributed by atoms with Crippen LogP contribution in [0.2, 0.25) is 0 Å². The van der Waals surface area contributed by atoms with E-state index in [2.05, 4.69) is 15.3 Å². The maximum Gasteiger partial charge on any atom is 0.272 e. The lowest BCUT2D eigenvalue weighted by atomic mass is 10.1. The van der Waals surface area contributed by atoms with Crippen LogP contribution in [0.15, 0.2) is 36.7 Å². The summed E-state index contributed by atoms with van der Waals surface area (Å²) in [6.07, 6.45) is 3.58. The zero-order valence-corrected chi connectivity index (χ0v) is 15.8. The first-order chi connectivity index (χ1) is 12.9. The summed E-state index contributed by atoms with van der Waals surface area (Å²) >= 11 is 0. The Hall–Kier alpha value is -3.35. The summed E-state index contributed by atoms with van der Waals surface area (Å²) in [5.41, 5.74) is 2.96. The van der Waals surface area contributed by atoms with Crippen LogP contribution in [0.25, 0.3) is 0 Å². The number of hydrogen-bond acceptors (Lipinski definition) is 4. The van der Waals surface area contributed by atoms with Crippen LogP contribution >= 0.6 is 0 Å². The lowest BCUT2D eigenvalue weighted by molar-refractivity contribution is 0.101. The number of aryl methyl sites for hydroxylation is 2. The molecular formula is C20H22N4O3. The summed E-state index contributed by atoms with van der Waals surface area (Å²) in [4.78, 5) is 31.5. The van der Waals surface area contributed by atoms with Crippen molar-refractivity contribution in [1.29, 1.82) is 0 Å². The van der Waals surface area contributed by atoms with Crippen LogP contribution in [0.1, 0.15) is 44.9 Å². The summed E-state index contributed by atoms with van der Waals surface area (Å²) in [6.45, 7) is 5.41.